The normalized spacial score (nSPS) is 17.9. The van der Waals surface area contributed by atoms with E-state index >= 15 is 0 Å². The van der Waals surface area contributed by atoms with E-state index in [1.165, 1.54) is 7.11 Å². The SMILES string of the molecule is COCC(=O)N1CCN(Cc2ccc(OCCn3ccnc3C)c(OC)c2)CC(O)(COc2ccc(C)cc2)C1. The molecule has 40 heavy (non-hydrogen) atoms. The van der Waals surface area contributed by atoms with Crippen molar-refractivity contribution < 1.29 is 28.8 Å². The summed E-state index contributed by atoms with van der Waals surface area (Å²) in [6.45, 7) is 7.27. The average Bonchev–Trinajstić information content (AvgIpc) is 3.27. The minimum atomic E-state index is -1.27. The fourth-order valence-corrected chi connectivity index (χ4v) is 4.83. The Bertz CT molecular complexity index is 1250. The van der Waals surface area contributed by atoms with E-state index in [1.807, 2.05) is 67.1 Å². The largest absolute Gasteiger partial charge is 0.493 e. The Labute approximate surface area is 236 Å². The topological polar surface area (TPSA) is 98.5 Å². The van der Waals surface area contributed by atoms with Gasteiger partial charge < -0.3 is 33.5 Å². The predicted octanol–water partition coefficient (Wildman–Crippen LogP) is 2.69. The summed E-state index contributed by atoms with van der Waals surface area (Å²) in [7, 11) is 3.12. The molecular formula is C30H40N4O6. The molecule has 1 aromatic heterocycles. The molecule has 1 N–H and O–H groups in total. The number of hydrogen-bond donors (Lipinski definition) is 1. The zero-order valence-corrected chi connectivity index (χ0v) is 23.8. The smallest absolute Gasteiger partial charge is 0.248 e. The maximum absolute atomic E-state index is 12.7. The van der Waals surface area contributed by atoms with Crippen LogP contribution in [0.25, 0.3) is 0 Å². The summed E-state index contributed by atoms with van der Waals surface area (Å²) < 4.78 is 24.7. The van der Waals surface area contributed by atoms with Gasteiger partial charge in [0, 0.05) is 45.7 Å². The minimum Gasteiger partial charge on any atom is -0.493 e. The molecule has 1 fully saturated rings. The molecule has 1 saturated heterocycles. The van der Waals surface area contributed by atoms with Gasteiger partial charge in [0.05, 0.1) is 20.2 Å². The van der Waals surface area contributed by atoms with Crippen LogP contribution in [0.15, 0.2) is 54.9 Å². The first-order valence-corrected chi connectivity index (χ1v) is 13.5. The van der Waals surface area contributed by atoms with E-state index in [4.69, 9.17) is 18.9 Å². The fraction of sp³-hybridized carbons (Fsp3) is 0.467. The van der Waals surface area contributed by atoms with Crippen LogP contribution in [0.3, 0.4) is 0 Å². The van der Waals surface area contributed by atoms with Crippen molar-refractivity contribution >= 4 is 5.91 Å². The van der Waals surface area contributed by atoms with Gasteiger partial charge in [-0.2, -0.15) is 0 Å². The number of amides is 1. The highest BCUT2D eigenvalue weighted by molar-refractivity contribution is 5.77. The molecule has 4 rings (SSSR count). The summed E-state index contributed by atoms with van der Waals surface area (Å²) in [5.74, 6) is 2.76. The highest BCUT2D eigenvalue weighted by atomic mass is 16.5. The van der Waals surface area contributed by atoms with Crippen molar-refractivity contribution in [2.24, 2.45) is 0 Å². The van der Waals surface area contributed by atoms with E-state index < -0.39 is 5.60 Å². The second-order valence-corrected chi connectivity index (χ2v) is 10.3. The van der Waals surface area contributed by atoms with Gasteiger partial charge in [-0.05, 0) is 43.7 Å². The van der Waals surface area contributed by atoms with Crippen LogP contribution in [0, 0.1) is 13.8 Å². The summed E-state index contributed by atoms with van der Waals surface area (Å²) >= 11 is 0. The Hall–Kier alpha value is -3.60. The molecule has 0 radical (unpaired) electrons. The van der Waals surface area contributed by atoms with Gasteiger partial charge in [-0.15, -0.1) is 0 Å². The third-order valence-corrected chi connectivity index (χ3v) is 6.99. The van der Waals surface area contributed by atoms with Crippen LogP contribution in [0.2, 0.25) is 0 Å². The number of rotatable bonds is 12. The van der Waals surface area contributed by atoms with Crippen molar-refractivity contribution in [3.63, 3.8) is 0 Å². The lowest BCUT2D eigenvalue weighted by Crippen LogP contribution is -2.52. The predicted molar refractivity (Wildman–Crippen MR) is 151 cm³/mol. The molecule has 1 unspecified atom stereocenters. The standard InChI is InChI=1S/C30H40N4O6/c1-23-5-8-26(9-6-23)40-22-30(36)20-32(13-14-34(21-30)29(35)19-37-3)18-25-7-10-27(28(17-25)38-4)39-16-15-33-12-11-31-24(33)2/h5-12,17,36H,13-16,18-22H2,1-4H3. The van der Waals surface area contributed by atoms with Crippen molar-refractivity contribution in [1.29, 1.82) is 0 Å². The number of aryl methyl sites for hydroxylation is 2. The number of nitrogens with zero attached hydrogens (tertiary/aromatic N) is 4. The van der Waals surface area contributed by atoms with Crippen LogP contribution >= 0.6 is 0 Å². The third kappa shape index (κ3) is 7.97. The van der Waals surface area contributed by atoms with Gasteiger partial charge in [-0.1, -0.05) is 23.8 Å². The molecule has 3 aromatic rings. The minimum absolute atomic E-state index is 0.0338. The van der Waals surface area contributed by atoms with Crippen molar-refractivity contribution in [1.82, 2.24) is 19.4 Å². The second kappa shape index (κ2) is 13.6. The van der Waals surface area contributed by atoms with E-state index in [0.717, 1.165) is 17.0 Å². The average molecular weight is 553 g/mol. The Balaban J connectivity index is 1.44. The van der Waals surface area contributed by atoms with Crippen molar-refractivity contribution in [3.8, 4) is 17.2 Å². The molecule has 216 valence electrons. The van der Waals surface area contributed by atoms with Gasteiger partial charge in [0.25, 0.3) is 0 Å². The Kier molecular flexibility index (Phi) is 10.0. The van der Waals surface area contributed by atoms with Crippen LogP contribution in [0.5, 0.6) is 17.2 Å². The van der Waals surface area contributed by atoms with Crippen molar-refractivity contribution in [3.05, 3.63) is 71.8 Å². The summed E-state index contributed by atoms with van der Waals surface area (Å²) in [6, 6.07) is 13.6. The van der Waals surface area contributed by atoms with Gasteiger partial charge in [-0.25, -0.2) is 4.98 Å². The van der Waals surface area contributed by atoms with Crippen LogP contribution in [-0.2, 0) is 22.6 Å². The van der Waals surface area contributed by atoms with Gasteiger partial charge in [0.1, 0.15) is 37.0 Å². The number of aliphatic hydroxyl groups is 1. The highest BCUT2D eigenvalue weighted by Crippen LogP contribution is 2.29. The molecular weight excluding hydrogens is 512 g/mol. The molecule has 10 heteroatoms. The molecule has 1 amide bonds. The number of carbonyl (C=O) groups excluding carboxylic acids is 1. The summed E-state index contributed by atoms with van der Waals surface area (Å²) in [4.78, 5) is 20.7. The number of hydrogen-bond acceptors (Lipinski definition) is 8. The second-order valence-electron chi connectivity index (χ2n) is 10.3. The lowest BCUT2D eigenvalue weighted by Gasteiger charge is -2.33. The number of β-amino-alcohol motifs (C(OH)–C–C–N with tert-alkyl or cyclic N) is 1. The van der Waals surface area contributed by atoms with Crippen molar-refractivity contribution in [2.45, 2.75) is 32.5 Å². The Morgan fingerprint density at radius 2 is 1.82 bits per heavy atom. The first kappa shape index (κ1) is 29.4. The fourth-order valence-electron chi connectivity index (χ4n) is 4.83. The summed E-state index contributed by atoms with van der Waals surface area (Å²) in [6.07, 6.45) is 3.70. The molecule has 1 atom stereocenters. The maximum Gasteiger partial charge on any atom is 0.248 e. The molecule has 0 aliphatic carbocycles. The van der Waals surface area contributed by atoms with Crippen molar-refractivity contribution in [2.75, 3.05) is 60.2 Å². The third-order valence-electron chi connectivity index (χ3n) is 6.99. The first-order chi connectivity index (χ1) is 19.3. The van der Waals surface area contributed by atoms with Gasteiger partial charge in [0.2, 0.25) is 5.91 Å². The molecule has 0 spiro atoms. The van der Waals surface area contributed by atoms with Crippen LogP contribution in [0.1, 0.15) is 17.0 Å². The number of methoxy groups -OCH3 is 2. The number of aromatic nitrogens is 2. The lowest BCUT2D eigenvalue weighted by atomic mass is 10.0. The van der Waals surface area contributed by atoms with Crippen LogP contribution in [-0.4, -0.2) is 96.2 Å². The summed E-state index contributed by atoms with van der Waals surface area (Å²) in [5, 5.41) is 11.7. The molecule has 2 heterocycles. The van der Waals surface area contributed by atoms with E-state index in [2.05, 4.69) is 9.88 Å². The number of benzene rings is 2. The Morgan fingerprint density at radius 1 is 1.02 bits per heavy atom. The molecule has 1 aliphatic heterocycles. The number of imidazole rings is 1. The molecule has 10 nitrogen and oxygen atoms in total. The van der Waals surface area contributed by atoms with Gasteiger partial charge in [0.15, 0.2) is 11.5 Å². The molecule has 1 aliphatic rings. The number of ether oxygens (including phenoxy) is 4. The van der Waals surface area contributed by atoms with Gasteiger partial charge in [-0.3, -0.25) is 9.69 Å². The zero-order chi connectivity index (χ0) is 28.5. The van der Waals surface area contributed by atoms with Crippen LogP contribution in [0.4, 0.5) is 0 Å². The van der Waals surface area contributed by atoms with E-state index in [0.29, 0.717) is 56.6 Å². The maximum atomic E-state index is 12.7. The van der Waals surface area contributed by atoms with Gasteiger partial charge >= 0.3 is 0 Å². The first-order valence-electron chi connectivity index (χ1n) is 13.5. The highest BCUT2D eigenvalue weighted by Gasteiger charge is 2.37. The zero-order valence-electron chi connectivity index (χ0n) is 23.8. The molecule has 0 bridgehead atoms. The molecule has 2 aromatic carbocycles. The van der Waals surface area contributed by atoms with E-state index in [1.54, 1.807) is 18.2 Å². The summed E-state index contributed by atoms with van der Waals surface area (Å²) in [5.41, 5.74) is 0.861. The van der Waals surface area contributed by atoms with Crippen LogP contribution < -0.4 is 14.2 Å². The Morgan fingerprint density at radius 3 is 2.52 bits per heavy atom. The quantitative estimate of drug-likeness (QED) is 0.366. The monoisotopic (exact) mass is 552 g/mol. The lowest BCUT2D eigenvalue weighted by molar-refractivity contribution is -0.138. The van der Waals surface area contributed by atoms with E-state index in [9.17, 15) is 9.90 Å². The van der Waals surface area contributed by atoms with E-state index in [-0.39, 0.29) is 25.7 Å². The number of carbonyl (C=O) groups is 1. The molecule has 0 saturated carbocycles.